The average Bonchev–Trinajstić information content (AvgIpc) is 2.73. The quantitative estimate of drug-likeness (QED) is 0.789. The second kappa shape index (κ2) is 8.43. The van der Waals surface area contributed by atoms with Crippen LogP contribution in [0.2, 0.25) is 0 Å². The number of carbonyl (C=O) groups is 3. The van der Waals surface area contributed by atoms with Crippen LogP contribution >= 0.6 is 0 Å². The van der Waals surface area contributed by atoms with Gasteiger partial charge in [-0.25, -0.2) is 9.59 Å². The summed E-state index contributed by atoms with van der Waals surface area (Å²) in [6, 6.07) is 10.8. The lowest BCUT2D eigenvalue weighted by molar-refractivity contribution is -0.123. The second-order valence-electron chi connectivity index (χ2n) is 5.96. The highest BCUT2D eigenvalue weighted by molar-refractivity contribution is 5.98. The van der Waals surface area contributed by atoms with E-state index in [9.17, 15) is 14.4 Å². The summed E-state index contributed by atoms with van der Waals surface area (Å²) in [6.07, 6.45) is -1.03. The molecule has 1 aliphatic heterocycles. The molecule has 0 aliphatic carbocycles. The van der Waals surface area contributed by atoms with Gasteiger partial charge in [0.25, 0.3) is 5.91 Å². The van der Waals surface area contributed by atoms with Crippen LogP contribution in [0.5, 0.6) is 11.5 Å². The zero-order valence-electron chi connectivity index (χ0n) is 15.4. The lowest BCUT2D eigenvalue weighted by Crippen LogP contribution is -2.30. The highest BCUT2D eigenvalue weighted by atomic mass is 16.6. The first-order chi connectivity index (χ1) is 13.5. The molecule has 8 nitrogen and oxygen atoms in total. The van der Waals surface area contributed by atoms with Gasteiger partial charge in [0.1, 0.15) is 13.2 Å². The molecule has 0 aromatic heterocycles. The molecule has 1 heterocycles. The van der Waals surface area contributed by atoms with Crippen LogP contribution in [0.1, 0.15) is 27.6 Å². The van der Waals surface area contributed by atoms with Crippen molar-refractivity contribution in [1.82, 2.24) is 0 Å². The van der Waals surface area contributed by atoms with E-state index in [1.54, 1.807) is 18.2 Å². The summed E-state index contributed by atoms with van der Waals surface area (Å²) in [5.74, 6) is -0.525. The molecule has 146 valence electrons. The number of carbonyl (C=O) groups excluding carboxylic acids is 3. The normalized spacial score (nSPS) is 13.2. The number of esters is 2. The molecular formula is C20H19NO7. The van der Waals surface area contributed by atoms with E-state index in [1.165, 1.54) is 38.3 Å². The van der Waals surface area contributed by atoms with Crippen LogP contribution in [-0.2, 0) is 14.3 Å². The zero-order valence-corrected chi connectivity index (χ0v) is 15.4. The lowest BCUT2D eigenvalue weighted by atomic mass is 10.1. The standard InChI is InChI=1S/C20H19NO7/c1-12(28-20(24)14-5-3-13(4-6-14)19(23)25-2)18(22)21-15-7-8-16-17(11-15)27-10-9-26-16/h3-8,11-12H,9-10H2,1-2H3,(H,21,22)/t12-/m0/s1. The van der Waals surface area contributed by atoms with E-state index >= 15 is 0 Å². The van der Waals surface area contributed by atoms with E-state index in [-0.39, 0.29) is 5.56 Å². The molecule has 0 radical (unpaired) electrons. The Morgan fingerprint density at radius 1 is 0.929 bits per heavy atom. The van der Waals surface area contributed by atoms with Gasteiger partial charge in [-0.3, -0.25) is 4.79 Å². The minimum atomic E-state index is -1.03. The van der Waals surface area contributed by atoms with Crippen molar-refractivity contribution >= 4 is 23.5 Å². The molecule has 0 saturated carbocycles. The minimum absolute atomic E-state index is 0.214. The summed E-state index contributed by atoms with van der Waals surface area (Å²) >= 11 is 0. The maximum Gasteiger partial charge on any atom is 0.338 e. The number of ether oxygens (including phenoxy) is 4. The molecule has 0 spiro atoms. The number of amides is 1. The molecule has 2 aromatic rings. The van der Waals surface area contributed by atoms with Crippen molar-refractivity contribution in [1.29, 1.82) is 0 Å². The number of fused-ring (bicyclic) bond motifs is 1. The van der Waals surface area contributed by atoms with Gasteiger partial charge in [-0.15, -0.1) is 0 Å². The highest BCUT2D eigenvalue weighted by Crippen LogP contribution is 2.32. The van der Waals surface area contributed by atoms with Gasteiger partial charge in [-0.2, -0.15) is 0 Å². The average molecular weight is 385 g/mol. The molecule has 8 heteroatoms. The number of nitrogens with one attached hydrogen (secondary N) is 1. The Bertz CT molecular complexity index is 892. The van der Waals surface area contributed by atoms with Gasteiger partial charge in [-0.1, -0.05) is 0 Å². The van der Waals surface area contributed by atoms with Crippen molar-refractivity contribution < 1.29 is 33.3 Å². The largest absolute Gasteiger partial charge is 0.486 e. The van der Waals surface area contributed by atoms with Gasteiger partial charge in [-0.05, 0) is 43.3 Å². The molecule has 2 aromatic carbocycles. The Hall–Kier alpha value is -3.55. The molecule has 0 saturated heterocycles. The fourth-order valence-electron chi connectivity index (χ4n) is 2.51. The molecule has 1 N–H and O–H groups in total. The van der Waals surface area contributed by atoms with Gasteiger partial charge in [0.2, 0.25) is 0 Å². The maximum absolute atomic E-state index is 12.3. The molecular weight excluding hydrogens is 366 g/mol. The molecule has 1 atom stereocenters. The van der Waals surface area contributed by atoms with Crippen molar-refractivity contribution in [2.75, 3.05) is 25.6 Å². The smallest absolute Gasteiger partial charge is 0.338 e. The number of hydrogen-bond acceptors (Lipinski definition) is 7. The van der Waals surface area contributed by atoms with Gasteiger partial charge in [0.15, 0.2) is 17.6 Å². The monoisotopic (exact) mass is 385 g/mol. The lowest BCUT2D eigenvalue weighted by Gasteiger charge is -2.19. The Balaban J connectivity index is 1.59. The summed E-state index contributed by atoms with van der Waals surface area (Å²) < 4.78 is 20.7. The van der Waals surface area contributed by atoms with Crippen molar-refractivity contribution in [3.8, 4) is 11.5 Å². The maximum atomic E-state index is 12.3. The fourth-order valence-corrected chi connectivity index (χ4v) is 2.51. The predicted octanol–water partition coefficient (Wildman–Crippen LogP) is 2.43. The van der Waals surface area contributed by atoms with Crippen molar-refractivity contribution in [3.63, 3.8) is 0 Å². The molecule has 28 heavy (non-hydrogen) atoms. The molecule has 1 aliphatic rings. The van der Waals surface area contributed by atoms with Crippen LogP contribution < -0.4 is 14.8 Å². The third kappa shape index (κ3) is 4.40. The van der Waals surface area contributed by atoms with Crippen molar-refractivity contribution in [2.24, 2.45) is 0 Å². The van der Waals surface area contributed by atoms with Gasteiger partial charge in [0, 0.05) is 11.8 Å². The van der Waals surface area contributed by atoms with E-state index in [0.717, 1.165) is 0 Å². The molecule has 3 rings (SSSR count). The van der Waals surface area contributed by atoms with E-state index in [4.69, 9.17) is 14.2 Å². The van der Waals surface area contributed by atoms with Crippen LogP contribution in [0.15, 0.2) is 42.5 Å². The molecule has 1 amide bonds. The van der Waals surface area contributed by atoms with Gasteiger partial charge >= 0.3 is 11.9 Å². The third-order valence-electron chi connectivity index (χ3n) is 4.00. The minimum Gasteiger partial charge on any atom is -0.486 e. The second-order valence-corrected chi connectivity index (χ2v) is 5.96. The van der Waals surface area contributed by atoms with Crippen molar-refractivity contribution in [2.45, 2.75) is 13.0 Å². The van der Waals surface area contributed by atoms with E-state index in [1.807, 2.05) is 0 Å². The first kappa shape index (κ1) is 19.2. The SMILES string of the molecule is COC(=O)c1ccc(C(=O)O[C@@H](C)C(=O)Nc2ccc3c(c2)OCCO3)cc1. The van der Waals surface area contributed by atoms with Gasteiger partial charge in [0.05, 0.1) is 18.2 Å². The highest BCUT2D eigenvalue weighted by Gasteiger charge is 2.20. The van der Waals surface area contributed by atoms with Crippen LogP contribution in [0, 0.1) is 0 Å². The summed E-state index contributed by atoms with van der Waals surface area (Å²) in [5, 5.41) is 2.67. The molecule has 0 unspecified atom stereocenters. The molecule has 0 bridgehead atoms. The Morgan fingerprint density at radius 2 is 1.54 bits per heavy atom. The number of hydrogen-bond donors (Lipinski definition) is 1. The summed E-state index contributed by atoms with van der Waals surface area (Å²) in [4.78, 5) is 35.9. The van der Waals surface area contributed by atoms with Crippen LogP contribution in [-0.4, -0.2) is 44.3 Å². The fraction of sp³-hybridized carbons (Fsp3) is 0.250. The van der Waals surface area contributed by atoms with Crippen LogP contribution in [0.25, 0.3) is 0 Å². The third-order valence-corrected chi connectivity index (χ3v) is 4.00. The van der Waals surface area contributed by atoms with E-state index in [0.29, 0.717) is 36.0 Å². The van der Waals surface area contributed by atoms with Crippen LogP contribution in [0.4, 0.5) is 5.69 Å². The molecule has 0 fully saturated rings. The Kier molecular flexibility index (Phi) is 5.78. The zero-order chi connectivity index (χ0) is 20.1. The number of anilines is 1. The van der Waals surface area contributed by atoms with Crippen LogP contribution in [0.3, 0.4) is 0 Å². The summed E-state index contributed by atoms with van der Waals surface area (Å²) in [6.45, 7) is 2.38. The number of methoxy groups -OCH3 is 1. The van der Waals surface area contributed by atoms with Crippen molar-refractivity contribution in [3.05, 3.63) is 53.6 Å². The summed E-state index contributed by atoms with van der Waals surface area (Å²) in [5.41, 5.74) is 1.02. The number of benzene rings is 2. The van der Waals surface area contributed by atoms with E-state index < -0.39 is 23.9 Å². The topological polar surface area (TPSA) is 100 Å². The first-order valence-corrected chi connectivity index (χ1v) is 8.58. The first-order valence-electron chi connectivity index (χ1n) is 8.58. The summed E-state index contributed by atoms with van der Waals surface area (Å²) in [7, 11) is 1.27. The van der Waals surface area contributed by atoms with E-state index in [2.05, 4.69) is 10.1 Å². The number of rotatable bonds is 5. The van der Waals surface area contributed by atoms with Gasteiger partial charge < -0.3 is 24.3 Å². The Labute approximate surface area is 161 Å². The predicted molar refractivity (Wildman–Crippen MR) is 98.7 cm³/mol. The Morgan fingerprint density at radius 3 is 2.18 bits per heavy atom.